The molecule has 0 fully saturated rings. The fourth-order valence-electron chi connectivity index (χ4n) is 1.41. The Kier molecular flexibility index (Phi) is 8.46. The zero-order chi connectivity index (χ0) is 11.8. The second-order valence-corrected chi connectivity index (χ2v) is 3.89. The van der Waals surface area contributed by atoms with Crippen LogP contribution in [0.15, 0.2) is 24.3 Å². The number of halogens is 1. The van der Waals surface area contributed by atoms with Gasteiger partial charge in [-0.25, -0.2) is 0 Å². The summed E-state index contributed by atoms with van der Waals surface area (Å²) in [5.41, 5.74) is 1.98. The number of aryl methyl sites for hydroxylation is 1. The third-order valence-corrected chi connectivity index (χ3v) is 2.41. The highest BCUT2D eigenvalue weighted by molar-refractivity contribution is 5.92. The minimum atomic E-state index is 0. The number of amides is 1. The molecule has 96 valence electrons. The maximum absolute atomic E-state index is 11.6. The van der Waals surface area contributed by atoms with Gasteiger partial charge in [-0.2, -0.15) is 0 Å². The van der Waals surface area contributed by atoms with Crippen LogP contribution in [0.2, 0.25) is 0 Å². The molecule has 1 amide bonds. The molecule has 0 aliphatic heterocycles. The monoisotopic (exact) mass is 256 g/mol. The van der Waals surface area contributed by atoms with Gasteiger partial charge in [-0.05, 0) is 31.5 Å². The Balaban J connectivity index is 0.00000256. The van der Waals surface area contributed by atoms with Crippen LogP contribution in [0.3, 0.4) is 0 Å². The van der Waals surface area contributed by atoms with Crippen molar-refractivity contribution in [2.45, 2.75) is 26.7 Å². The molecule has 4 heteroatoms. The molecular formula is C13H21ClN2O. The van der Waals surface area contributed by atoms with E-state index < -0.39 is 0 Å². The summed E-state index contributed by atoms with van der Waals surface area (Å²) in [7, 11) is 0. The second-order valence-electron chi connectivity index (χ2n) is 3.89. The highest BCUT2D eigenvalue weighted by Gasteiger charge is 2.02. The van der Waals surface area contributed by atoms with E-state index in [-0.39, 0.29) is 18.3 Å². The van der Waals surface area contributed by atoms with Crippen LogP contribution < -0.4 is 10.6 Å². The Bertz CT molecular complexity index is 342. The third-order valence-electron chi connectivity index (χ3n) is 2.41. The average Bonchev–Trinajstić information content (AvgIpc) is 2.28. The van der Waals surface area contributed by atoms with Gasteiger partial charge in [0.25, 0.3) is 0 Å². The molecule has 1 aromatic carbocycles. The molecule has 0 saturated carbocycles. The standard InChI is InChI=1S/C13H20N2O.ClH/c1-3-4-9-14-10-13(16)15-12-8-6-5-7-11(12)2;/h5-8,14H,3-4,9-10H2,1-2H3,(H,15,16);1H. The number of unbranched alkanes of at least 4 members (excludes halogenated alkanes) is 1. The molecule has 0 saturated heterocycles. The van der Waals surface area contributed by atoms with Crippen LogP contribution in [-0.2, 0) is 4.79 Å². The number of rotatable bonds is 6. The van der Waals surface area contributed by atoms with E-state index in [9.17, 15) is 4.79 Å². The van der Waals surface area contributed by atoms with Crippen LogP contribution in [0.1, 0.15) is 25.3 Å². The highest BCUT2D eigenvalue weighted by Crippen LogP contribution is 2.12. The van der Waals surface area contributed by atoms with Gasteiger partial charge in [-0.15, -0.1) is 12.4 Å². The summed E-state index contributed by atoms with van der Waals surface area (Å²) in [5, 5.41) is 6.00. The smallest absolute Gasteiger partial charge is 0.238 e. The summed E-state index contributed by atoms with van der Waals surface area (Å²) in [6.45, 7) is 5.40. The molecule has 1 aromatic rings. The maximum Gasteiger partial charge on any atom is 0.238 e. The fraction of sp³-hybridized carbons (Fsp3) is 0.462. The number of anilines is 1. The van der Waals surface area contributed by atoms with Crippen molar-refractivity contribution in [3.63, 3.8) is 0 Å². The first kappa shape index (κ1) is 15.9. The van der Waals surface area contributed by atoms with Gasteiger partial charge in [-0.3, -0.25) is 4.79 Å². The van der Waals surface area contributed by atoms with Crippen LogP contribution in [-0.4, -0.2) is 19.0 Å². The normalized spacial score (nSPS) is 9.53. The fourth-order valence-corrected chi connectivity index (χ4v) is 1.41. The molecular weight excluding hydrogens is 236 g/mol. The van der Waals surface area contributed by atoms with Gasteiger partial charge in [0.05, 0.1) is 6.54 Å². The Morgan fingerprint density at radius 1 is 1.29 bits per heavy atom. The molecule has 0 aliphatic rings. The van der Waals surface area contributed by atoms with Crippen molar-refractivity contribution in [3.8, 4) is 0 Å². The van der Waals surface area contributed by atoms with Crippen molar-refractivity contribution in [3.05, 3.63) is 29.8 Å². The second kappa shape index (κ2) is 9.02. The predicted octanol–water partition coefficient (Wildman–Crippen LogP) is 2.75. The summed E-state index contributed by atoms with van der Waals surface area (Å²) in [6.07, 6.45) is 2.25. The average molecular weight is 257 g/mol. The lowest BCUT2D eigenvalue weighted by molar-refractivity contribution is -0.115. The third kappa shape index (κ3) is 6.29. The number of carbonyl (C=O) groups is 1. The molecule has 0 heterocycles. The van der Waals surface area contributed by atoms with E-state index >= 15 is 0 Å². The number of hydrogen-bond donors (Lipinski definition) is 2. The van der Waals surface area contributed by atoms with Crippen molar-refractivity contribution < 1.29 is 4.79 Å². The maximum atomic E-state index is 11.6. The predicted molar refractivity (Wildman–Crippen MR) is 74.8 cm³/mol. The van der Waals surface area contributed by atoms with E-state index in [1.54, 1.807) is 0 Å². The first-order valence-corrected chi connectivity index (χ1v) is 5.80. The van der Waals surface area contributed by atoms with E-state index in [0.717, 1.165) is 30.6 Å². The number of nitrogens with one attached hydrogen (secondary N) is 2. The Morgan fingerprint density at radius 3 is 2.65 bits per heavy atom. The molecule has 17 heavy (non-hydrogen) atoms. The Labute approximate surface area is 109 Å². The number of benzene rings is 1. The highest BCUT2D eigenvalue weighted by atomic mass is 35.5. The zero-order valence-corrected chi connectivity index (χ0v) is 11.3. The van der Waals surface area contributed by atoms with Crippen molar-refractivity contribution >= 4 is 24.0 Å². The lowest BCUT2D eigenvalue weighted by atomic mass is 10.2. The van der Waals surface area contributed by atoms with E-state index in [0.29, 0.717) is 6.54 Å². The number of hydrogen-bond acceptors (Lipinski definition) is 2. The molecule has 0 radical (unpaired) electrons. The first-order chi connectivity index (χ1) is 7.74. The molecule has 0 aromatic heterocycles. The molecule has 0 spiro atoms. The lowest BCUT2D eigenvalue weighted by Gasteiger charge is -2.08. The van der Waals surface area contributed by atoms with Gasteiger partial charge in [-0.1, -0.05) is 31.5 Å². The Morgan fingerprint density at radius 2 is 2.00 bits per heavy atom. The lowest BCUT2D eigenvalue weighted by Crippen LogP contribution is -2.28. The largest absolute Gasteiger partial charge is 0.325 e. The van der Waals surface area contributed by atoms with Crippen LogP contribution in [0.4, 0.5) is 5.69 Å². The SMILES string of the molecule is CCCCNCC(=O)Nc1ccccc1C.Cl. The topological polar surface area (TPSA) is 41.1 Å². The van der Waals surface area contributed by atoms with Crippen molar-refractivity contribution in [2.24, 2.45) is 0 Å². The summed E-state index contributed by atoms with van der Waals surface area (Å²) >= 11 is 0. The van der Waals surface area contributed by atoms with Crippen molar-refractivity contribution in [2.75, 3.05) is 18.4 Å². The van der Waals surface area contributed by atoms with Crippen molar-refractivity contribution in [1.29, 1.82) is 0 Å². The summed E-state index contributed by atoms with van der Waals surface area (Å²) < 4.78 is 0. The van der Waals surface area contributed by atoms with E-state index in [1.807, 2.05) is 31.2 Å². The summed E-state index contributed by atoms with van der Waals surface area (Å²) in [6, 6.07) is 7.79. The van der Waals surface area contributed by atoms with E-state index in [4.69, 9.17) is 0 Å². The van der Waals surface area contributed by atoms with E-state index in [2.05, 4.69) is 17.6 Å². The summed E-state index contributed by atoms with van der Waals surface area (Å²) in [4.78, 5) is 11.6. The zero-order valence-electron chi connectivity index (χ0n) is 10.5. The number of para-hydroxylation sites is 1. The molecule has 0 bridgehead atoms. The van der Waals surface area contributed by atoms with Crippen LogP contribution in [0.25, 0.3) is 0 Å². The van der Waals surface area contributed by atoms with Crippen LogP contribution >= 0.6 is 12.4 Å². The van der Waals surface area contributed by atoms with Gasteiger partial charge >= 0.3 is 0 Å². The van der Waals surface area contributed by atoms with Gasteiger partial charge in [0.2, 0.25) is 5.91 Å². The quantitative estimate of drug-likeness (QED) is 0.769. The Hall–Kier alpha value is -1.06. The molecule has 0 unspecified atom stereocenters. The minimum Gasteiger partial charge on any atom is -0.325 e. The number of carbonyl (C=O) groups excluding carboxylic acids is 1. The van der Waals surface area contributed by atoms with Crippen molar-refractivity contribution in [1.82, 2.24) is 5.32 Å². The van der Waals surface area contributed by atoms with Gasteiger partial charge in [0.15, 0.2) is 0 Å². The molecule has 3 nitrogen and oxygen atoms in total. The summed E-state index contributed by atoms with van der Waals surface area (Å²) in [5.74, 6) is 0.0189. The first-order valence-electron chi connectivity index (χ1n) is 5.80. The van der Waals surface area contributed by atoms with Crippen LogP contribution in [0, 0.1) is 6.92 Å². The van der Waals surface area contributed by atoms with Gasteiger partial charge in [0.1, 0.15) is 0 Å². The van der Waals surface area contributed by atoms with Gasteiger partial charge < -0.3 is 10.6 Å². The molecule has 1 rings (SSSR count). The van der Waals surface area contributed by atoms with E-state index in [1.165, 1.54) is 0 Å². The molecule has 0 aliphatic carbocycles. The molecule has 0 atom stereocenters. The minimum absolute atomic E-state index is 0. The molecule has 2 N–H and O–H groups in total. The van der Waals surface area contributed by atoms with Gasteiger partial charge in [0, 0.05) is 5.69 Å². The van der Waals surface area contributed by atoms with Crippen LogP contribution in [0.5, 0.6) is 0 Å².